The minimum Gasteiger partial charge on any atom is -0.493 e. The summed E-state index contributed by atoms with van der Waals surface area (Å²) in [4.78, 5) is 19.6. The molecule has 0 spiro atoms. The van der Waals surface area contributed by atoms with Gasteiger partial charge in [0.05, 0.1) is 24.8 Å². The minimum atomic E-state index is -0.0833. The van der Waals surface area contributed by atoms with Crippen molar-refractivity contribution in [2.24, 2.45) is 4.99 Å². The Hall–Kier alpha value is -2.44. The zero-order chi connectivity index (χ0) is 19.4. The molecule has 1 aliphatic heterocycles. The molecule has 0 aromatic heterocycles. The molecule has 1 amide bonds. The van der Waals surface area contributed by atoms with Gasteiger partial charge in [-0.25, -0.2) is 4.99 Å². The third-order valence-electron chi connectivity index (χ3n) is 3.98. The van der Waals surface area contributed by atoms with Gasteiger partial charge in [-0.1, -0.05) is 23.7 Å². The molecule has 1 heterocycles. The fraction of sp³-hybridized carbons (Fsp3) is 0.200. The molecule has 0 aliphatic carbocycles. The summed E-state index contributed by atoms with van der Waals surface area (Å²) in [6.45, 7) is 2.45. The number of amides is 1. The molecule has 1 saturated heterocycles. The first-order chi connectivity index (χ1) is 13.1. The van der Waals surface area contributed by atoms with Crippen molar-refractivity contribution in [3.8, 4) is 11.5 Å². The first-order valence-corrected chi connectivity index (χ1v) is 9.53. The van der Waals surface area contributed by atoms with Gasteiger partial charge in [0.2, 0.25) is 0 Å². The molecule has 1 aliphatic rings. The summed E-state index contributed by atoms with van der Waals surface area (Å²) in [5, 5.41) is 1.28. The van der Waals surface area contributed by atoms with E-state index in [9.17, 15) is 4.79 Å². The van der Waals surface area contributed by atoms with E-state index >= 15 is 0 Å². The monoisotopic (exact) mass is 402 g/mol. The van der Waals surface area contributed by atoms with E-state index in [1.807, 2.05) is 37.3 Å². The Morgan fingerprint density at radius 3 is 2.52 bits per heavy atom. The van der Waals surface area contributed by atoms with Crippen LogP contribution in [-0.2, 0) is 4.79 Å². The van der Waals surface area contributed by atoms with Gasteiger partial charge in [-0.3, -0.25) is 9.69 Å². The maximum absolute atomic E-state index is 12.8. The van der Waals surface area contributed by atoms with Crippen LogP contribution in [0.2, 0.25) is 5.02 Å². The first kappa shape index (κ1) is 19.3. The number of hydrogen-bond acceptors (Lipinski definition) is 5. The summed E-state index contributed by atoms with van der Waals surface area (Å²) in [6, 6.07) is 12.7. The van der Waals surface area contributed by atoms with Gasteiger partial charge in [-0.15, -0.1) is 0 Å². The second kappa shape index (κ2) is 8.50. The molecular weight excluding hydrogens is 384 g/mol. The zero-order valence-corrected chi connectivity index (χ0v) is 16.8. The fourth-order valence-electron chi connectivity index (χ4n) is 2.66. The number of aliphatic imine (C=N–C) groups is 1. The number of halogens is 1. The average Bonchev–Trinajstić information content (AvgIpc) is 2.97. The maximum Gasteiger partial charge on any atom is 0.266 e. The van der Waals surface area contributed by atoms with Crippen LogP contribution in [0.1, 0.15) is 12.5 Å². The lowest BCUT2D eigenvalue weighted by Crippen LogP contribution is -2.28. The smallest absolute Gasteiger partial charge is 0.266 e. The van der Waals surface area contributed by atoms with Crippen molar-refractivity contribution >= 4 is 46.2 Å². The van der Waals surface area contributed by atoms with Crippen molar-refractivity contribution in [1.29, 1.82) is 0 Å². The van der Waals surface area contributed by atoms with Crippen molar-refractivity contribution in [3.05, 3.63) is 58.0 Å². The van der Waals surface area contributed by atoms with E-state index in [1.165, 1.54) is 11.8 Å². The summed E-state index contributed by atoms with van der Waals surface area (Å²) in [5.41, 5.74) is 1.52. The number of benzene rings is 2. The highest BCUT2D eigenvalue weighted by Crippen LogP contribution is 2.38. The van der Waals surface area contributed by atoms with Gasteiger partial charge in [0.15, 0.2) is 16.7 Å². The molecule has 0 N–H and O–H groups in total. The van der Waals surface area contributed by atoms with E-state index in [1.54, 1.807) is 37.3 Å². The highest BCUT2D eigenvalue weighted by Gasteiger charge is 2.32. The Balaban J connectivity index is 1.97. The van der Waals surface area contributed by atoms with Gasteiger partial charge < -0.3 is 9.47 Å². The number of thioether (sulfide) groups is 1. The van der Waals surface area contributed by atoms with E-state index in [4.69, 9.17) is 21.1 Å². The Labute approximate surface area is 167 Å². The molecule has 3 rings (SSSR count). The quantitative estimate of drug-likeness (QED) is 0.662. The third-order valence-corrected chi connectivity index (χ3v) is 5.23. The minimum absolute atomic E-state index is 0.0833. The molecule has 2 aromatic carbocycles. The van der Waals surface area contributed by atoms with Crippen LogP contribution in [0.3, 0.4) is 0 Å². The molecule has 27 heavy (non-hydrogen) atoms. The van der Waals surface area contributed by atoms with Crippen molar-refractivity contribution < 1.29 is 14.3 Å². The summed E-state index contributed by atoms with van der Waals surface area (Å²) < 4.78 is 10.8. The van der Waals surface area contributed by atoms with Gasteiger partial charge in [0.1, 0.15) is 0 Å². The van der Waals surface area contributed by atoms with Gasteiger partial charge >= 0.3 is 0 Å². The van der Waals surface area contributed by atoms with E-state index in [2.05, 4.69) is 4.99 Å². The van der Waals surface area contributed by atoms with E-state index in [0.717, 1.165) is 11.3 Å². The second-order valence-electron chi connectivity index (χ2n) is 5.61. The normalized spacial score (nSPS) is 17.0. The largest absolute Gasteiger partial charge is 0.493 e. The topological polar surface area (TPSA) is 51.1 Å². The van der Waals surface area contributed by atoms with Crippen LogP contribution in [0.15, 0.2) is 52.4 Å². The molecule has 7 heteroatoms. The average molecular weight is 403 g/mol. The number of rotatable bonds is 5. The summed E-state index contributed by atoms with van der Waals surface area (Å²) >= 11 is 7.26. The molecule has 5 nitrogen and oxygen atoms in total. The fourth-order valence-corrected chi connectivity index (χ4v) is 3.84. The van der Waals surface area contributed by atoms with Crippen LogP contribution in [0.4, 0.5) is 5.69 Å². The third kappa shape index (κ3) is 4.12. The number of carbonyl (C=O) groups is 1. The Morgan fingerprint density at radius 1 is 1.15 bits per heavy atom. The van der Waals surface area contributed by atoms with Gasteiger partial charge in [0.25, 0.3) is 5.91 Å². The number of hydrogen-bond donors (Lipinski definition) is 0. The number of carbonyl (C=O) groups excluding carboxylic acids is 1. The molecule has 0 atom stereocenters. The lowest BCUT2D eigenvalue weighted by Gasteiger charge is -2.12. The van der Waals surface area contributed by atoms with Gasteiger partial charge in [0, 0.05) is 17.1 Å². The van der Waals surface area contributed by atoms with E-state index in [0.29, 0.717) is 33.1 Å². The van der Waals surface area contributed by atoms with Crippen molar-refractivity contribution in [2.45, 2.75) is 6.92 Å². The predicted octanol–water partition coefficient (Wildman–Crippen LogP) is 4.98. The SMILES string of the molecule is CCN1C(=O)/C(=C\c2cccc(OC)c2OC)SC1=Nc1ccc(Cl)cc1. The standard InChI is InChI=1S/C20H19ClN2O3S/c1-4-23-19(24)17(12-13-6-5-7-16(25-2)18(13)26-3)27-20(23)22-15-10-8-14(21)9-11-15/h5-12H,4H2,1-3H3/b17-12+,22-20?. The van der Waals surface area contributed by atoms with Crippen LogP contribution in [0, 0.1) is 0 Å². The number of likely N-dealkylation sites (N-methyl/N-ethyl adjacent to an activating group) is 1. The van der Waals surface area contributed by atoms with Crippen molar-refractivity contribution in [3.63, 3.8) is 0 Å². The molecule has 0 unspecified atom stereocenters. The Morgan fingerprint density at radius 2 is 1.89 bits per heavy atom. The summed E-state index contributed by atoms with van der Waals surface area (Å²) in [6.07, 6.45) is 1.81. The van der Waals surface area contributed by atoms with E-state index in [-0.39, 0.29) is 5.91 Å². The highest BCUT2D eigenvalue weighted by atomic mass is 35.5. The number of ether oxygens (including phenoxy) is 2. The van der Waals surface area contributed by atoms with Crippen LogP contribution >= 0.6 is 23.4 Å². The molecule has 140 valence electrons. The maximum atomic E-state index is 12.8. The number of amidine groups is 1. The van der Waals surface area contributed by atoms with Crippen LogP contribution in [0.25, 0.3) is 6.08 Å². The molecule has 1 fully saturated rings. The molecular formula is C20H19ClN2O3S. The first-order valence-electron chi connectivity index (χ1n) is 8.34. The van der Waals surface area contributed by atoms with Crippen LogP contribution in [-0.4, -0.2) is 36.7 Å². The Bertz CT molecular complexity index is 910. The molecule has 2 aromatic rings. The highest BCUT2D eigenvalue weighted by molar-refractivity contribution is 8.18. The predicted molar refractivity (Wildman–Crippen MR) is 111 cm³/mol. The molecule has 0 saturated carbocycles. The second-order valence-corrected chi connectivity index (χ2v) is 7.06. The van der Waals surface area contributed by atoms with Crippen LogP contribution in [0.5, 0.6) is 11.5 Å². The zero-order valence-electron chi connectivity index (χ0n) is 15.2. The summed E-state index contributed by atoms with van der Waals surface area (Å²) in [7, 11) is 3.16. The van der Waals surface area contributed by atoms with Crippen molar-refractivity contribution in [2.75, 3.05) is 20.8 Å². The van der Waals surface area contributed by atoms with Crippen LogP contribution < -0.4 is 9.47 Å². The van der Waals surface area contributed by atoms with Gasteiger partial charge in [-0.2, -0.15) is 0 Å². The lowest BCUT2D eigenvalue weighted by molar-refractivity contribution is -0.122. The summed E-state index contributed by atoms with van der Waals surface area (Å²) in [5.74, 6) is 1.12. The number of methoxy groups -OCH3 is 2. The lowest BCUT2D eigenvalue weighted by atomic mass is 10.1. The van der Waals surface area contributed by atoms with E-state index < -0.39 is 0 Å². The van der Waals surface area contributed by atoms with Gasteiger partial charge in [-0.05, 0) is 55.1 Å². The molecule has 0 radical (unpaired) electrons. The van der Waals surface area contributed by atoms with Crippen molar-refractivity contribution in [1.82, 2.24) is 4.90 Å². The molecule has 0 bridgehead atoms. The number of nitrogens with zero attached hydrogens (tertiary/aromatic N) is 2. The number of para-hydroxylation sites is 1. The Kier molecular flexibility index (Phi) is 6.08.